The van der Waals surface area contributed by atoms with E-state index >= 15 is 0 Å². The summed E-state index contributed by atoms with van der Waals surface area (Å²) < 4.78 is 29.0. The number of hydrogen-bond acceptors (Lipinski definition) is 2. The highest BCUT2D eigenvalue weighted by atomic mass is 79.9. The third kappa shape index (κ3) is 3.96. The van der Waals surface area contributed by atoms with Crippen LogP contribution in [0.25, 0.3) is 10.9 Å². The summed E-state index contributed by atoms with van der Waals surface area (Å²) in [6, 6.07) is 8.24. The molecule has 1 aliphatic heterocycles. The number of para-hydroxylation sites is 1. The minimum absolute atomic E-state index is 0.259. The molecule has 0 aliphatic carbocycles. The summed E-state index contributed by atoms with van der Waals surface area (Å²) in [5, 5.41) is 3.59. The van der Waals surface area contributed by atoms with Crippen molar-refractivity contribution in [3.8, 4) is 0 Å². The molecule has 0 spiro atoms. The average molecular weight is 490 g/mol. The maximum Gasteiger partial charge on any atom is 0.257 e. The van der Waals surface area contributed by atoms with Gasteiger partial charge < -0.3 is 15.2 Å². The van der Waals surface area contributed by atoms with E-state index in [4.69, 9.17) is 0 Å². The number of halogens is 3. The van der Waals surface area contributed by atoms with Crippen LogP contribution < -0.4 is 5.32 Å². The van der Waals surface area contributed by atoms with E-state index in [0.717, 1.165) is 38.8 Å². The van der Waals surface area contributed by atoms with Crippen LogP contribution >= 0.6 is 15.9 Å². The van der Waals surface area contributed by atoms with Crippen LogP contribution in [-0.2, 0) is 17.8 Å². The molecule has 162 valence electrons. The molecule has 0 bridgehead atoms. The Labute approximate surface area is 186 Å². The molecule has 0 fully saturated rings. The summed E-state index contributed by atoms with van der Waals surface area (Å²) in [6.07, 6.45) is 0.656. The zero-order chi connectivity index (χ0) is 22.3. The number of hydrogen-bond donors (Lipinski definition) is 2. The molecule has 1 atom stereocenters. The summed E-state index contributed by atoms with van der Waals surface area (Å²) >= 11 is 3.55. The lowest BCUT2D eigenvalue weighted by atomic mass is 9.99. The lowest BCUT2D eigenvalue weighted by Crippen LogP contribution is -2.52. The zero-order valence-electron chi connectivity index (χ0n) is 17.1. The molecular weight excluding hydrogens is 468 g/mol. The monoisotopic (exact) mass is 489 g/mol. The van der Waals surface area contributed by atoms with Crippen molar-refractivity contribution in [3.63, 3.8) is 0 Å². The predicted octanol–water partition coefficient (Wildman–Crippen LogP) is 4.55. The summed E-state index contributed by atoms with van der Waals surface area (Å²) in [4.78, 5) is 31.0. The fraction of sp³-hybridized carbons (Fsp3) is 0.304. The van der Waals surface area contributed by atoms with E-state index in [1.165, 1.54) is 6.07 Å². The second-order valence-corrected chi connectivity index (χ2v) is 8.90. The van der Waals surface area contributed by atoms with Crippen molar-refractivity contribution in [1.29, 1.82) is 0 Å². The number of carbonyl (C=O) groups is 2. The molecule has 31 heavy (non-hydrogen) atoms. The molecule has 4 rings (SSSR count). The van der Waals surface area contributed by atoms with Crippen molar-refractivity contribution in [1.82, 2.24) is 15.2 Å². The maximum atomic E-state index is 14.0. The number of nitrogens with one attached hydrogen (secondary N) is 2. The fourth-order valence-corrected chi connectivity index (χ4v) is 4.49. The Bertz CT molecular complexity index is 1150. The molecule has 5 nitrogen and oxygen atoms in total. The zero-order valence-corrected chi connectivity index (χ0v) is 18.7. The lowest BCUT2D eigenvalue weighted by molar-refractivity contribution is -0.135. The van der Waals surface area contributed by atoms with Crippen molar-refractivity contribution >= 4 is 38.6 Å². The smallest absolute Gasteiger partial charge is 0.257 e. The number of fused-ring (bicyclic) bond motifs is 3. The average Bonchev–Trinajstić information content (AvgIpc) is 3.10. The van der Waals surface area contributed by atoms with Crippen LogP contribution in [-0.4, -0.2) is 34.3 Å². The van der Waals surface area contributed by atoms with Crippen LogP contribution in [0.3, 0.4) is 0 Å². The number of amides is 2. The Balaban J connectivity index is 1.58. The Morgan fingerprint density at radius 3 is 2.48 bits per heavy atom. The highest BCUT2D eigenvalue weighted by Crippen LogP contribution is 2.32. The molecular formula is C23H22BrF2N3O2. The third-order valence-corrected chi connectivity index (χ3v) is 6.34. The standard InChI is InChI=1S/C23H22BrF2N3O2/c1-12(2)20(28-22(30)19-16(25)7-4-8-17(19)26)23(31)29-10-9-18-14(11-29)13-5-3-6-15(24)21(13)27-18/h3-8,12,20,27H,9-11H2,1-2H3,(H,28,30). The van der Waals surface area contributed by atoms with Crippen LogP contribution in [0.1, 0.15) is 35.5 Å². The molecule has 2 amide bonds. The topological polar surface area (TPSA) is 65.2 Å². The molecule has 3 aromatic rings. The van der Waals surface area contributed by atoms with Gasteiger partial charge in [-0.3, -0.25) is 9.59 Å². The fourth-order valence-electron chi connectivity index (χ4n) is 4.03. The highest BCUT2D eigenvalue weighted by Gasteiger charge is 2.33. The van der Waals surface area contributed by atoms with Gasteiger partial charge in [0.25, 0.3) is 5.91 Å². The van der Waals surface area contributed by atoms with E-state index in [-0.39, 0.29) is 11.8 Å². The van der Waals surface area contributed by atoms with Crippen LogP contribution in [0.4, 0.5) is 8.78 Å². The SMILES string of the molecule is CC(C)C(NC(=O)c1c(F)cccc1F)C(=O)N1CCc2[nH]c3c(Br)cccc3c2C1. The van der Waals surface area contributed by atoms with Gasteiger partial charge >= 0.3 is 0 Å². The predicted molar refractivity (Wildman–Crippen MR) is 118 cm³/mol. The van der Waals surface area contributed by atoms with E-state index in [2.05, 4.69) is 26.2 Å². The van der Waals surface area contributed by atoms with Gasteiger partial charge in [0.05, 0.1) is 5.52 Å². The van der Waals surface area contributed by atoms with Crippen molar-refractivity contribution in [2.75, 3.05) is 6.54 Å². The quantitative estimate of drug-likeness (QED) is 0.564. The number of benzene rings is 2. The van der Waals surface area contributed by atoms with Gasteiger partial charge in [0.15, 0.2) is 0 Å². The van der Waals surface area contributed by atoms with Gasteiger partial charge in [0, 0.05) is 40.6 Å². The van der Waals surface area contributed by atoms with Crippen LogP contribution in [0, 0.1) is 17.6 Å². The van der Waals surface area contributed by atoms with Gasteiger partial charge in [-0.25, -0.2) is 8.78 Å². The largest absolute Gasteiger partial charge is 0.357 e. The van der Waals surface area contributed by atoms with Crippen molar-refractivity contribution in [2.24, 2.45) is 5.92 Å². The molecule has 1 unspecified atom stereocenters. The second kappa shape index (κ2) is 8.42. The van der Waals surface area contributed by atoms with E-state index in [0.29, 0.717) is 19.5 Å². The first-order valence-corrected chi connectivity index (χ1v) is 10.9. The Morgan fingerprint density at radius 2 is 1.81 bits per heavy atom. The number of rotatable bonds is 4. The summed E-state index contributed by atoms with van der Waals surface area (Å²) in [5.74, 6) is -3.38. The summed E-state index contributed by atoms with van der Waals surface area (Å²) in [6.45, 7) is 4.47. The number of nitrogens with zero attached hydrogens (tertiary/aromatic N) is 1. The van der Waals surface area contributed by atoms with Gasteiger partial charge in [-0.1, -0.05) is 32.0 Å². The molecule has 0 saturated carbocycles. The first kappa shape index (κ1) is 21.5. The number of aromatic amines is 1. The maximum absolute atomic E-state index is 14.0. The lowest BCUT2D eigenvalue weighted by Gasteiger charge is -2.32. The first-order valence-electron chi connectivity index (χ1n) is 10.1. The Hall–Kier alpha value is -2.74. The second-order valence-electron chi connectivity index (χ2n) is 8.05. The molecule has 1 aromatic heterocycles. The van der Waals surface area contributed by atoms with Gasteiger partial charge in [-0.05, 0) is 40.0 Å². The Kier molecular flexibility index (Phi) is 5.83. The summed E-state index contributed by atoms with van der Waals surface area (Å²) in [7, 11) is 0. The van der Waals surface area contributed by atoms with Gasteiger partial charge in [-0.2, -0.15) is 0 Å². The van der Waals surface area contributed by atoms with Gasteiger partial charge in [-0.15, -0.1) is 0 Å². The Morgan fingerprint density at radius 1 is 1.13 bits per heavy atom. The van der Waals surface area contributed by atoms with Crippen molar-refractivity contribution < 1.29 is 18.4 Å². The molecule has 2 N–H and O–H groups in total. The molecule has 1 aliphatic rings. The van der Waals surface area contributed by atoms with Crippen molar-refractivity contribution in [3.05, 3.63) is 69.3 Å². The van der Waals surface area contributed by atoms with E-state index < -0.39 is 29.1 Å². The molecule has 0 radical (unpaired) electrons. The number of aromatic nitrogens is 1. The third-order valence-electron chi connectivity index (χ3n) is 5.68. The number of H-pyrrole nitrogens is 1. The van der Waals surface area contributed by atoms with Crippen LogP contribution in [0.2, 0.25) is 0 Å². The molecule has 0 saturated heterocycles. The molecule has 8 heteroatoms. The molecule has 2 aromatic carbocycles. The summed E-state index contributed by atoms with van der Waals surface area (Å²) in [5.41, 5.74) is 2.45. The van der Waals surface area contributed by atoms with E-state index in [1.807, 2.05) is 18.2 Å². The van der Waals surface area contributed by atoms with Crippen LogP contribution in [0.15, 0.2) is 40.9 Å². The molecule has 2 heterocycles. The first-order chi connectivity index (χ1) is 14.8. The minimum atomic E-state index is -0.959. The number of carbonyl (C=O) groups excluding carboxylic acids is 2. The van der Waals surface area contributed by atoms with E-state index in [1.54, 1.807) is 18.7 Å². The van der Waals surface area contributed by atoms with E-state index in [9.17, 15) is 18.4 Å². The van der Waals surface area contributed by atoms with Crippen LogP contribution in [0.5, 0.6) is 0 Å². The normalized spacial score (nSPS) is 14.6. The van der Waals surface area contributed by atoms with Gasteiger partial charge in [0.2, 0.25) is 5.91 Å². The van der Waals surface area contributed by atoms with Crippen molar-refractivity contribution in [2.45, 2.75) is 32.9 Å². The highest BCUT2D eigenvalue weighted by molar-refractivity contribution is 9.10. The minimum Gasteiger partial charge on any atom is -0.357 e. The van der Waals surface area contributed by atoms with Gasteiger partial charge in [0.1, 0.15) is 23.2 Å².